The number of hydrogen-bond donors (Lipinski definition) is 1. The maximum Gasteiger partial charge on any atom is 0.335 e. The van der Waals surface area contributed by atoms with Gasteiger partial charge in [-0.1, -0.05) is 44.2 Å². The first-order chi connectivity index (χ1) is 12.2. The van der Waals surface area contributed by atoms with Crippen LogP contribution in [0.1, 0.15) is 71.3 Å². The first kappa shape index (κ1) is 17.0. The summed E-state index contributed by atoms with van der Waals surface area (Å²) in [6, 6.07) is 8.60. The number of halogens is 1. The number of carbonyl (C=O) groups is 1. The van der Waals surface area contributed by atoms with Crippen LogP contribution in [0.5, 0.6) is 0 Å². The maximum atomic E-state index is 14.2. The highest BCUT2D eigenvalue weighted by Crippen LogP contribution is 2.60. The van der Waals surface area contributed by atoms with E-state index in [4.69, 9.17) is 5.11 Å². The molecule has 2 aromatic carbocycles. The molecule has 2 nitrogen and oxygen atoms in total. The largest absolute Gasteiger partial charge is 0.478 e. The summed E-state index contributed by atoms with van der Waals surface area (Å²) in [7, 11) is 0. The SMILES string of the molecule is Cc1cc2c(cc1C=Cc1ccc(C(=O)O)cc1F)C1(C)CCC2(C)C1. The molecular formula is C23H23FO2. The lowest BCUT2D eigenvalue weighted by molar-refractivity contribution is 0.0696. The number of aromatic carboxylic acids is 1. The van der Waals surface area contributed by atoms with Crippen molar-refractivity contribution < 1.29 is 14.3 Å². The van der Waals surface area contributed by atoms with E-state index >= 15 is 0 Å². The van der Waals surface area contributed by atoms with E-state index < -0.39 is 11.8 Å². The monoisotopic (exact) mass is 350 g/mol. The summed E-state index contributed by atoms with van der Waals surface area (Å²) < 4.78 is 14.2. The Hall–Kier alpha value is -2.42. The minimum absolute atomic E-state index is 0.0365. The zero-order valence-corrected chi connectivity index (χ0v) is 15.4. The lowest BCUT2D eigenvalue weighted by Crippen LogP contribution is -2.18. The van der Waals surface area contributed by atoms with E-state index in [9.17, 15) is 9.18 Å². The van der Waals surface area contributed by atoms with Gasteiger partial charge in [0.15, 0.2) is 0 Å². The summed E-state index contributed by atoms with van der Waals surface area (Å²) in [6.45, 7) is 6.83. The van der Waals surface area contributed by atoms with Crippen molar-refractivity contribution >= 4 is 18.1 Å². The predicted molar refractivity (Wildman–Crippen MR) is 102 cm³/mol. The standard InChI is InChI=1S/C23H23FO2/c1-14-10-18-19(23(3)9-8-22(18,2)13-23)11-16(14)6-4-15-5-7-17(21(25)26)12-20(15)24/h4-7,10-12H,8-9,13H2,1-3H3,(H,25,26). The van der Waals surface area contributed by atoms with Crippen molar-refractivity contribution in [2.24, 2.45) is 0 Å². The molecule has 4 rings (SSSR count). The highest BCUT2D eigenvalue weighted by atomic mass is 19.1. The number of aryl methyl sites for hydroxylation is 1. The molecular weight excluding hydrogens is 327 g/mol. The topological polar surface area (TPSA) is 37.3 Å². The fourth-order valence-corrected chi connectivity index (χ4v) is 4.93. The van der Waals surface area contributed by atoms with Gasteiger partial charge in [0.1, 0.15) is 5.82 Å². The van der Waals surface area contributed by atoms with Crippen LogP contribution < -0.4 is 0 Å². The molecule has 3 heteroatoms. The van der Waals surface area contributed by atoms with Gasteiger partial charge in [0, 0.05) is 5.56 Å². The van der Waals surface area contributed by atoms with Crippen LogP contribution in [0.4, 0.5) is 4.39 Å². The first-order valence-electron chi connectivity index (χ1n) is 9.08. The summed E-state index contributed by atoms with van der Waals surface area (Å²) in [5.74, 6) is -1.64. The zero-order chi connectivity index (χ0) is 18.7. The molecule has 2 bridgehead atoms. The van der Waals surface area contributed by atoms with Crippen molar-refractivity contribution in [1.82, 2.24) is 0 Å². The highest BCUT2D eigenvalue weighted by Gasteiger charge is 2.52. The molecule has 1 N–H and O–H groups in total. The van der Waals surface area contributed by atoms with Crippen LogP contribution in [0, 0.1) is 12.7 Å². The summed E-state index contributed by atoms with van der Waals surface area (Å²) in [4.78, 5) is 10.9. The molecule has 0 heterocycles. The lowest BCUT2D eigenvalue weighted by Gasteiger charge is -2.28. The molecule has 134 valence electrons. The number of fused-ring (bicyclic) bond motifs is 5. The van der Waals surface area contributed by atoms with Crippen molar-refractivity contribution in [3.8, 4) is 0 Å². The minimum atomic E-state index is -1.12. The fraction of sp³-hybridized carbons (Fsp3) is 0.348. The Labute approximate surface area is 153 Å². The maximum absolute atomic E-state index is 14.2. The Morgan fingerprint density at radius 3 is 2.27 bits per heavy atom. The van der Waals surface area contributed by atoms with Gasteiger partial charge in [-0.25, -0.2) is 9.18 Å². The molecule has 2 aliphatic rings. The lowest BCUT2D eigenvalue weighted by atomic mass is 9.77. The van der Waals surface area contributed by atoms with E-state index in [0.717, 1.165) is 11.6 Å². The van der Waals surface area contributed by atoms with E-state index in [-0.39, 0.29) is 11.0 Å². The van der Waals surface area contributed by atoms with E-state index in [0.29, 0.717) is 11.0 Å². The number of benzene rings is 2. The molecule has 1 fully saturated rings. The summed E-state index contributed by atoms with van der Waals surface area (Å²) >= 11 is 0. The summed E-state index contributed by atoms with van der Waals surface area (Å²) in [6.07, 6.45) is 7.37. The van der Waals surface area contributed by atoms with Gasteiger partial charge in [0.05, 0.1) is 5.56 Å². The molecule has 1 saturated carbocycles. The number of carboxylic acid groups (broad SMARTS) is 1. The smallest absolute Gasteiger partial charge is 0.335 e. The Kier molecular flexibility index (Phi) is 3.62. The number of carboxylic acids is 1. The fourth-order valence-electron chi connectivity index (χ4n) is 4.93. The zero-order valence-electron chi connectivity index (χ0n) is 15.4. The molecule has 2 aliphatic carbocycles. The number of hydrogen-bond acceptors (Lipinski definition) is 1. The van der Waals surface area contributed by atoms with Gasteiger partial charge in [-0.2, -0.15) is 0 Å². The van der Waals surface area contributed by atoms with Crippen LogP contribution >= 0.6 is 0 Å². The third-order valence-corrected chi connectivity index (χ3v) is 6.41. The second-order valence-corrected chi connectivity index (χ2v) is 8.43. The predicted octanol–water partition coefficient (Wildman–Crippen LogP) is 5.72. The molecule has 0 aromatic heterocycles. The Morgan fingerprint density at radius 1 is 1.04 bits per heavy atom. The number of rotatable bonds is 3. The van der Waals surface area contributed by atoms with Crippen LogP contribution in [-0.4, -0.2) is 11.1 Å². The molecule has 26 heavy (non-hydrogen) atoms. The third kappa shape index (κ3) is 2.49. The van der Waals surface area contributed by atoms with Crippen molar-refractivity contribution in [3.63, 3.8) is 0 Å². The average molecular weight is 350 g/mol. The quantitative estimate of drug-likeness (QED) is 0.719. The van der Waals surface area contributed by atoms with Crippen molar-refractivity contribution in [1.29, 1.82) is 0 Å². The van der Waals surface area contributed by atoms with Gasteiger partial charge in [0.25, 0.3) is 0 Å². The van der Waals surface area contributed by atoms with Crippen LogP contribution in [0.15, 0.2) is 30.3 Å². The van der Waals surface area contributed by atoms with Gasteiger partial charge in [0.2, 0.25) is 0 Å². The van der Waals surface area contributed by atoms with E-state index in [1.165, 1.54) is 48.1 Å². The Morgan fingerprint density at radius 2 is 1.65 bits per heavy atom. The van der Waals surface area contributed by atoms with E-state index in [1.807, 2.05) is 6.08 Å². The van der Waals surface area contributed by atoms with Crippen LogP contribution in [0.25, 0.3) is 12.2 Å². The van der Waals surface area contributed by atoms with E-state index in [2.05, 4.69) is 32.9 Å². The van der Waals surface area contributed by atoms with Crippen molar-refractivity contribution in [3.05, 3.63) is 69.5 Å². The van der Waals surface area contributed by atoms with Crippen molar-refractivity contribution in [2.45, 2.75) is 50.9 Å². The molecule has 0 radical (unpaired) electrons. The second kappa shape index (κ2) is 5.54. The normalized spacial score (nSPS) is 26.5. The third-order valence-electron chi connectivity index (χ3n) is 6.41. The molecule has 2 unspecified atom stereocenters. The minimum Gasteiger partial charge on any atom is -0.478 e. The Bertz CT molecular complexity index is 959. The molecule has 0 saturated heterocycles. The van der Waals surface area contributed by atoms with Crippen LogP contribution in [-0.2, 0) is 10.8 Å². The summed E-state index contributed by atoms with van der Waals surface area (Å²) in [5, 5.41) is 8.95. The average Bonchev–Trinajstić information content (AvgIpc) is 3.01. The van der Waals surface area contributed by atoms with Crippen molar-refractivity contribution in [2.75, 3.05) is 0 Å². The molecule has 2 aromatic rings. The van der Waals surface area contributed by atoms with Gasteiger partial charge in [-0.3, -0.25) is 0 Å². The van der Waals surface area contributed by atoms with Gasteiger partial charge in [-0.15, -0.1) is 0 Å². The summed E-state index contributed by atoms with van der Waals surface area (Å²) in [5.41, 5.74) is 6.14. The van der Waals surface area contributed by atoms with Gasteiger partial charge < -0.3 is 5.11 Å². The van der Waals surface area contributed by atoms with Gasteiger partial charge in [-0.05, 0) is 71.4 Å². The van der Waals surface area contributed by atoms with Crippen LogP contribution in [0.2, 0.25) is 0 Å². The molecule has 0 spiro atoms. The molecule has 0 aliphatic heterocycles. The first-order valence-corrected chi connectivity index (χ1v) is 9.08. The van der Waals surface area contributed by atoms with Crippen LogP contribution in [0.3, 0.4) is 0 Å². The Balaban J connectivity index is 1.70. The van der Waals surface area contributed by atoms with Gasteiger partial charge >= 0.3 is 5.97 Å². The van der Waals surface area contributed by atoms with E-state index in [1.54, 1.807) is 6.08 Å². The second-order valence-electron chi connectivity index (χ2n) is 8.43. The molecule has 2 atom stereocenters. The highest BCUT2D eigenvalue weighted by molar-refractivity contribution is 5.88. The molecule has 0 amide bonds.